The molecule has 1 aliphatic heterocycles. The minimum Gasteiger partial charge on any atom is -0.480 e. The van der Waals surface area contributed by atoms with Crippen molar-refractivity contribution in [3.63, 3.8) is 0 Å². The average Bonchev–Trinajstić information content (AvgIpc) is 2.38. The summed E-state index contributed by atoms with van der Waals surface area (Å²) >= 11 is 0. The van der Waals surface area contributed by atoms with Gasteiger partial charge in [-0.05, 0) is 6.07 Å². The van der Waals surface area contributed by atoms with Crippen molar-refractivity contribution in [3.05, 3.63) is 29.8 Å². The van der Waals surface area contributed by atoms with E-state index in [2.05, 4.69) is 5.32 Å². The van der Waals surface area contributed by atoms with Crippen LogP contribution in [-0.4, -0.2) is 36.6 Å². The number of benzene rings is 1. The molecule has 1 aromatic carbocycles. The first-order valence-corrected chi connectivity index (χ1v) is 5.68. The molecule has 4 N–H and O–H groups in total. The number of para-hydroxylation sites is 1. The number of aliphatic carboxylic acids is 1. The Kier molecular flexibility index (Phi) is 3.47. The highest BCUT2D eigenvalue weighted by molar-refractivity contribution is 5.84. The van der Waals surface area contributed by atoms with Gasteiger partial charge in [0.1, 0.15) is 6.04 Å². The van der Waals surface area contributed by atoms with Crippen LogP contribution in [0.2, 0.25) is 0 Å². The predicted molar refractivity (Wildman–Crippen MR) is 66.2 cm³/mol. The van der Waals surface area contributed by atoms with E-state index in [0.29, 0.717) is 24.3 Å². The maximum absolute atomic E-state index is 11.4. The highest BCUT2D eigenvalue weighted by atomic mass is 16.4. The first-order chi connectivity index (χ1) is 8.59. The maximum atomic E-state index is 11.4. The van der Waals surface area contributed by atoms with Crippen LogP contribution in [0.15, 0.2) is 24.3 Å². The molecule has 1 fully saturated rings. The normalized spacial score (nSPS) is 17.2. The van der Waals surface area contributed by atoms with Gasteiger partial charge in [0.25, 0.3) is 0 Å². The average molecular weight is 249 g/mol. The number of carbonyl (C=O) groups excluding carboxylic acids is 1. The number of piperazine rings is 1. The van der Waals surface area contributed by atoms with Crippen molar-refractivity contribution >= 4 is 17.6 Å². The van der Waals surface area contributed by atoms with Crippen LogP contribution in [0.4, 0.5) is 5.69 Å². The van der Waals surface area contributed by atoms with Gasteiger partial charge in [0.2, 0.25) is 5.91 Å². The third-order valence-corrected chi connectivity index (χ3v) is 2.92. The van der Waals surface area contributed by atoms with Crippen molar-refractivity contribution in [1.82, 2.24) is 5.32 Å². The number of nitrogens with two attached hydrogens (primary N) is 1. The van der Waals surface area contributed by atoms with E-state index in [1.54, 1.807) is 24.3 Å². The summed E-state index contributed by atoms with van der Waals surface area (Å²) in [5, 5.41) is 11.7. The molecular weight excluding hydrogens is 234 g/mol. The Labute approximate surface area is 104 Å². The highest BCUT2D eigenvalue weighted by Gasteiger charge is 2.23. The van der Waals surface area contributed by atoms with Crippen LogP contribution in [0.5, 0.6) is 0 Å². The standard InChI is InChI=1S/C12H15N3O3/c13-11(12(17)18)8-3-1-2-4-9(8)15-6-5-14-10(16)7-15/h1-4,11H,5-7,13H2,(H,14,16)(H,17,18). The minimum absolute atomic E-state index is 0.0695. The molecule has 2 rings (SSSR count). The van der Waals surface area contributed by atoms with Crippen LogP contribution in [-0.2, 0) is 9.59 Å². The Bertz CT molecular complexity index is 475. The molecule has 1 amide bonds. The van der Waals surface area contributed by atoms with Crippen LogP contribution in [0, 0.1) is 0 Å². The molecule has 6 nitrogen and oxygen atoms in total. The van der Waals surface area contributed by atoms with E-state index in [4.69, 9.17) is 10.8 Å². The predicted octanol–water partition coefficient (Wildman–Crippen LogP) is -0.293. The van der Waals surface area contributed by atoms with Crippen molar-refractivity contribution in [2.75, 3.05) is 24.5 Å². The molecule has 1 heterocycles. The number of carbonyl (C=O) groups is 2. The summed E-state index contributed by atoms with van der Waals surface area (Å²) in [4.78, 5) is 24.2. The molecule has 6 heteroatoms. The molecule has 96 valence electrons. The highest BCUT2D eigenvalue weighted by Crippen LogP contribution is 2.25. The molecule has 1 aliphatic rings. The van der Waals surface area contributed by atoms with Crippen molar-refractivity contribution in [1.29, 1.82) is 0 Å². The van der Waals surface area contributed by atoms with E-state index in [9.17, 15) is 9.59 Å². The zero-order valence-electron chi connectivity index (χ0n) is 9.80. The molecule has 1 aromatic rings. The molecule has 0 bridgehead atoms. The number of hydrogen-bond donors (Lipinski definition) is 3. The Morgan fingerprint density at radius 2 is 2.17 bits per heavy atom. The molecule has 1 saturated heterocycles. The molecular formula is C12H15N3O3. The lowest BCUT2D eigenvalue weighted by atomic mass is 10.0. The van der Waals surface area contributed by atoms with Crippen LogP contribution < -0.4 is 16.0 Å². The van der Waals surface area contributed by atoms with Gasteiger partial charge in [-0.25, -0.2) is 0 Å². The lowest BCUT2D eigenvalue weighted by Crippen LogP contribution is -2.48. The summed E-state index contributed by atoms with van der Waals surface area (Å²) in [7, 11) is 0. The number of rotatable bonds is 3. The summed E-state index contributed by atoms with van der Waals surface area (Å²) in [5.41, 5.74) is 6.89. The fourth-order valence-electron chi connectivity index (χ4n) is 2.02. The van der Waals surface area contributed by atoms with Gasteiger partial charge < -0.3 is 21.1 Å². The number of nitrogens with zero attached hydrogens (tertiary/aromatic N) is 1. The van der Waals surface area contributed by atoms with Gasteiger partial charge >= 0.3 is 5.97 Å². The Morgan fingerprint density at radius 3 is 2.83 bits per heavy atom. The number of nitrogens with one attached hydrogen (secondary N) is 1. The van der Waals surface area contributed by atoms with E-state index >= 15 is 0 Å². The van der Waals surface area contributed by atoms with Crippen molar-refractivity contribution in [3.8, 4) is 0 Å². The summed E-state index contributed by atoms with van der Waals surface area (Å²) in [6.45, 7) is 1.42. The largest absolute Gasteiger partial charge is 0.480 e. The summed E-state index contributed by atoms with van der Waals surface area (Å²) in [6, 6.07) is 5.94. The first-order valence-electron chi connectivity index (χ1n) is 5.68. The molecule has 0 aromatic heterocycles. The molecule has 0 saturated carbocycles. The Balaban J connectivity index is 2.32. The van der Waals surface area contributed by atoms with Crippen LogP contribution >= 0.6 is 0 Å². The minimum atomic E-state index is -1.08. The number of carboxylic acids is 1. The van der Waals surface area contributed by atoms with Crippen molar-refractivity contribution in [2.24, 2.45) is 5.73 Å². The third kappa shape index (κ3) is 2.43. The lowest BCUT2D eigenvalue weighted by Gasteiger charge is -2.31. The fraction of sp³-hybridized carbons (Fsp3) is 0.333. The van der Waals surface area contributed by atoms with E-state index in [1.807, 2.05) is 4.90 Å². The van der Waals surface area contributed by atoms with Crippen LogP contribution in [0.3, 0.4) is 0 Å². The molecule has 0 radical (unpaired) electrons. The molecule has 0 aliphatic carbocycles. The topological polar surface area (TPSA) is 95.7 Å². The second-order valence-electron chi connectivity index (χ2n) is 4.15. The third-order valence-electron chi connectivity index (χ3n) is 2.92. The number of amides is 1. The maximum Gasteiger partial charge on any atom is 0.325 e. The van der Waals surface area contributed by atoms with Gasteiger partial charge in [0.05, 0.1) is 6.54 Å². The second-order valence-corrected chi connectivity index (χ2v) is 4.15. The van der Waals surface area contributed by atoms with Gasteiger partial charge in [0, 0.05) is 24.3 Å². The van der Waals surface area contributed by atoms with Crippen molar-refractivity contribution in [2.45, 2.75) is 6.04 Å². The number of anilines is 1. The van der Waals surface area contributed by atoms with E-state index in [0.717, 1.165) is 0 Å². The van der Waals surface area contributed by atoms with Gasteiger partial charge in [-0.3, -0.25) is 9.59 Å². The summed E-state index contributed by atoms with van der Waals surface area (Å²) < 4.78 is 0. The van der Waals surface area contributed by atoms with Gasteiger partial charge in [0.15, 0.2) is 0 Å². The molecule has 18 heavy (non-hydrogen) atoms. The number of carboxylic acid groups (broad SMARTS) is 1. The van der Waals surface area contributed by atoms with Gasteiger partial charge in [-0.2, -0.15) is 0 Å². The monoisotopic (exact) mass is 249 g/mol. The number of hydrogen-bond acceptors (Lipinski definition) is 4. The smallest absolute Gasteiger partial charge is 0.325 e. The molecule has 1 atom stereocenters. The van der Waals surface area contributed by atoms with Crippen molar-refractivity contribution < 1.29 is 14.7 Å². The Morgan fingerprint density at radius 1 is 1.44 bits per heavy atom. The van der Waals surface area contributed by atoms with Gasteiger partial charge in [-0.15, -0.1) is 0 Å². The fourth-order valence-corrected chi connectivity index (χ4v) is 2.02. The SMILES string of the molecule is NC(C(=O)O)c1ccccc1N1CCNC(=O)C1. The second kappa shape index (κ2) is 5.05. The molecule has 0 spiro atoms. The summed E-state index contributed by atoms with van der Waals surface area (Å²) in [6.07, 6.45) is 0. The van der Waals surface area contributed by atoms with Crippen LogP contribution in [0.25, 0.3) is 0 Å². The van der Waals surface area contributed by atoms with Crippen LogP contribution in [0.1, 0.15) is 11.6 Å². The lowest BCUT2D eigenvalue weighted by molar-refractivity contribution is -0.138. The summed E-state index contributed by atoms with van der Waals surface area (Å²) in [5.74, 6) is -1.15. The van der Waals surface area contributed by atoms with Gasteiger partial charge in [-0.1, -0.05) is 18.2 Å². The van der Waals surface area contributed by atoms with E-state index in [1.165, 1.54) is 0 Å². The zero-order valence-corrected chi connectivity index (χ0v) is 9.80. The van der Waals surface area contributed by atoms with E-state index in [-0.39, 0.29) is 12.5 Å². The quantitative estimate of drug-likeness (QED) is 0.684. The zero-order chi connectivity index (χ0) is 13.1. The van der Waals surface area contributed by atoms with E-state index < -0.39 is 12.0 Å². The molecule has 1 unspecified atom stereocenters. The Hall–Kier alpha value is -2.08. The first kappa shape index (κ1) is 12.4.